The molecule has 0 bridgehead atoms. The number of carbonyl (C=O) groups is 3. The summed E-state index contributed by atoms with van der Waals surface area (Å²) in [5.74, 6) is -0.525. The van der Waals surface area contributed by atoms with Crippen molar-refractivity contribution in [2.45, 2.75) is 26.8 Å². The molecule has 0 saturated carbocycles. The zero-order chi connectivity index (χ0) is 24.2. The highest BCUT2D eigenvalue weighted by Crippen LogP contribution is 2.26. The van der Waals surface area contributed by atoms with Crippen LogP contribution >= 0.6 is 11.3 Å². The molecule has 0 spiro atoms. The Morgan fingerprint density at radius 2 is 1.76 bits per heavy atom. The van der Waals surface area contributed by atoms with Gasteiger partial charge in [0, 0.05) is 44.1 Å². The summed E-state index contributed by atoms with van der Waals surface area (Å²) < 4.78 is 7.87. The fourth-order valence-electron chi connectivity index (χ4n) is 3.89. The molecule has 1 N–H and O–H groups in total. The maximum absolute atomic E-state index is 13.2. The molecule has 10 heteroatoms. The number of hydrogen-bond donors (Lipinski definition) is 1. The lowest BCUT2D eigenvalue weighted by Gasteiger charge is -2.36. The third kappa shape index (κ3) is 5.06. The number of benzene rings is 1. The molecule has 1 aliphatic heterocycles. The van der Waals surface area contributed by atoms with Crippen LogP contribution in [0.3, 0.4) is 0 Å². The van der Waals surface area contributed by atoms with Gasteiger partial charge in [-0.25, -0.2) is 9.78 Å². The summed E-state index contributed by atoms with van der Waals surface area (Å²) in [5.41, 5.74) is 1.31. The highest BCUT2D eigenvalue weighted by molar-refractivity contribution is 7.20. The number of nitrogens with zero attached hydrogens (tertiary/aromatic N) is 4. The predicted octanol–water partition coefficient (Wildman–Crippen LogP) is 3.14. The number of hydrogen-bond acceptors (Lipinski definition) is 6. The summed E-state index contributed by atoms with van der Waals surface area (Å²) >= 11 is 1.50. The topological polar surface area (TPSA) is 96.8 Å². The minimum absolute atomic E-state index is 0.0907. The van der Waals surface area contributed by atoms with Gasteiger partial charge in [0.2, 0.25) is 5.91 Å². The summed E-state index contributed by atoms with van der Waals surface area (Å²) in [6, 6.07) is 8.59. The minimum Gasteiger partial charge on any atom is -0.450 e. The van der Waals surface area contributed by atoms with Crippen LogP contribution in [-0.2, 0) is 9.53 Å². The van der Waals surface area contributed by atoms with Crippen molar-refractivity contribution >= 4 is 39.5 Å². The van der Waals surface area contributed by atoms with Crippen LogP contribution in [0.15, 0.2) is 42.7 Å². The van der Waals surface area contributed by atoms with Crippen molar-refractivity contribution in [3.05, 3.63) is 48.3 Å². The van der Waals surface area contributed by atoms with E-state index in [-0.39, 0.29) is 23.8 Å². The standard InChI is InChI=1S/C24H29N5O4S/c1-4-33-24(32)29-13-11-27(12-14-29)22(31)20(16(2)3)26-21(30)17-7-8-18-19(15-17)34-23(25-18)28-9-5-6-10-28/h5-10,15-16,20H,4,11-14H2,1-3H3,(H,26,30)/t20-/m0/s1. The first-order chi connectivity index (χ1) is 16.4. The molecule has 2 aromatic heterocycles. The van der Waals surface area contributed by atoms with Crippen LogP contribution in [0.1, 0.15) is 31.1 Å². The molecule has 0 unspecified atom stereocenters. The maximum Gasteiger partial charge on any atom is 0.409 e. The van der Waals surface area contributed by atoms with Crippen LogP contribution in [0.25, 0.3) is 15.3 Å². The van der Waals surface area contributed by atoms with Crippen molar-refractivity contribution < 1.29 is 19.1 Å². The van der Waals surface area contributed by atoms with Gasteiger partial charge in [0.25, 0.3) is 5.91 Å². The molecule has 3 amide bonds. The van der Waals surface area contributed by atoms with Gasteiger partial charge in [0.1, 0.15) is 6.04 Å². The van der Waals surface area contributed by atoms with Crippen molar-refractivity contribution in [3.63, 3.8) is 0 Å². The zero-order valence-corrected chi connectivity index (χ0v) is 20.4. The van der Waals surface area contributed by atoms with E-state index in [2.05, 4.69) is 10.3 Å². The van der Waals surface area contributed by atoms with Crippen LogP contribution in [0, 0.1) is 5.92 Å². The molecule has 1 atom stereocenters. The average molecular weight is 484 g/mol. The van der Waals surface area contributed by atoms with Gasteiger partial charge < -0.3 is 24.4 Å². The Morgan fingerprint density at radius 3 is 2.41 bits per heavy atom. The maximum atomic E-state index is 13.2. The van der Waals surface area contributed by atoms with Gasteiger partial charge in [-0.15, -0.1) is 0 Å². The van der Waals surface area contributed by atoms with E-state index in [0.29, 0.717) is 38.3 Å². The van der Waals surface area contributed by atoms with Gasteiger partial charge in [0.15, 0.2) is 5.13 Å². The van der Waals surface area contributed by atoms with E-state index in [0.717, 1.165) is 15.3 Å². The summed E-state index contributed by atoms with van der Waals surface area (Å²) in [7, 11) is 0. The van der Waals surface area contributed by atoms with Gasteiger partial charge >= 0.3 is 6.09 Å². The van der Waals surface area contributed by atoms with Crippen molar-refractivity contribution in [1.82, 2.24) is 24.7 Å². The Balaban J connectivity index is 1.43. The Kier molecular flexibility index (Phi) is 7.16. The number of fused-ring (bicyclic) bond motifs is 1. The molecular formula is C24H29N5O4S. The first kappa shape index (κ1) is 23.7. The van der Waals surface area contributed by atoms with Crippen molar-refractivity contribution in [2.75, 3.05) is 32.8 Å². The summed E-state index contributed by atoms with van der Waals surface area (Å²) in [6.45, 7) is 7.55. The highest BCUT2D eigenvalue weighted by atomic mass is 32.1. The fourth-order valence-corrected chi connectivity index (χ4v) is 4.86. The van der Waals surface area contributed by atoms with Gasteiger partial charge in [0.05, 0.1) is 16.8 Å². The van der Waals surface area contributed by atoms with Crippen LogP contribution < -0.4 is 5.32 Å². The van der Waals surface area contributed by atoms with Crippen LogP contribution in [-0.4, -0.2) is 76.1 Å². The molecule has 1 aliphatic rings. The number of rotatable bonds is 6. The first-order valence-electron chi connectivity index (χ1n) is 11.4. The molecule has 1 aromatic carbocycles. The lowest BCUT2D eigenvalue weighted by Crippen LogP contribution is -2.57. The lowest BCUT2D eigenvalue weighted by molar-refractivity contribution is -0.135. The molecule has 4 rings (SSSR count). The number of thiazole rings is 1. The predicted molar refractivity (Wildman–Crippen MR) is 130 cm³/mol. The van der Waals surface area contributed by atoms with Gasteiger partial charge in [-0.1, -0.05) is 25.2 Å². The number of amides is 3. The third-order valence-corrected chi connectivity index (χ3v) is 6.83. The van der Waals surface area contributed by atoms with Crippen LogP contribution in [0.2, 0.25) is 0 Å². The van der Waals surface area contributed by atoms with Crippen molar-refractivity contribution in [2.24, 2.45) is 5.92 Å². The van der Waals surface area contributed by atoms with E-state index in [1.807, 2.05) is 55.1 Å². The summed E-state index contributed by atoms with van der Waals surface area (Å²) in [4.78, 5) is 46.1. The largest absolute Gasteiger partial charge is 0.450 e. The minimum atomic E-state index is -0.658. The van der Waals surface area contributed by atoms with Crippen LogP contribution in [0.4, 0.5) is 4.79 Å². The molecule has 0 radical (unpaired) electrons. The molecule has 1 fully saturated rings. The molecule has 3 aromatic rings. The highest BCUT2D eigenvalue weighted by Gasteiger charge is 2.32. The van der Waals surface area contributed by atoms with E-state index in [1.54, 1.807) is 22.8 Å². The van der Waals surface area contributed by atoms with E-state index in [4.69, 9.17) is 4.74 Å². The summed E-state index contributed by atoms with van der Waals surface area (Å²) in [5, 5.41) is 3.76. The van der Waals surface area contributed by atoms with Gasteiger partial charge in [-0.3, -0.25) is 9.59 Å². The molecular weight excluding hydrogens is 454 g/mol. The van der Waals surface area contributed by atoms with E-state index < -0.39 is 6.04 Å². The number of piperazine rings is 1. The van der Waals surface area contributed by atoms with Gasteiger partial charge in [-0.05, 0) is 43.2 Å². The van der Waals surface area contributed by atoms with E-state index >= 15 is 0 Å². The number of carbonyl (C=O) groups excluding carboxylic acids is 3. The second-order valence-electron chi connectivity index (χ2n) is 8.48. The molecule has 34 heavy (non-hydrogen) atoms. The normalized spacial score (nSPS) is 14.9. The monoisotopic (exact) mass is 483 g/mol. The average Bonchev–Trinajstić information content (AvgIpc) is 3.51. The quantitative estimate of drug-likeness (QED) is 0.581. The Hall–Kier alpha value is -3.40. The third-order valence-electron chi connectivity index (χ3n) is 5.80. The first-order valence-corrected chi connectivity index (χ1v) is 12.2. The molecule has 1 saturated heterocycles. The Bertz CT molecular complexity index is 1170. The molecule has 0 aliphatic carbocycles. The number of ether oxygens (including phenoxy) is 1. The van der Waals surface area contributed by atoms with E-state index in [1.165, 1.54) is 11.3 Å². The Morgan fingerprint density at radius 1 is 1.09 bits per heavy atom. The smallest absolute Gasteiger partial charge is 0.409 e. The van der Waals surface area contributed by atoms with Crippen LogP contribution in [0.5, 0.6) is 0 Å². The fraction of sp³-hybridized carbons (Fsp3) is 0.417. The number of nitrogens with one attached hydrogen (secondary N) is 1. The van der Waals surface area contributed by atoms with Crippen molar-refractivity contribution in [1.29, 1.82) is 0 Å². The second-order valence-corrected chi connectivity index (χ2v) is 9.48. The number of aromatic nitrogens is 2. The molecule has 180 valence electrons. The SMILES string of the molecule is CCOC(=O)N1CCN(C(=O)[C@@H](NC(=O)c2ccc3nc(-n4cccc4)sc3c2)C(C)C)CC1. The Labute approximate surface area is 202 Å². The zero-order valence-electron chi connectivity index (χ0n) is 19.6. The second kappa shape index (κ2) is 10.3. The van der Waals surface area contributed by atoms with Crippen molar-refractivity contribution in [3.8, 4) is 5.13 Å². The molecule has 9 nitrogen and oxygen atoms in total. The van der Waals surface area contributed by atoms with E-state index in [9.17, 15) is 14.4 Å². The molecule has 3 heterocycles. The summed E-state index contributed by atoms with van der Waals surface area (Å²) in [6.07, 6.45) is 3.50. The van der Waals surface area contributed by atoms with Gasteiger partial charge in [-0.2, -0.15) is 0 Å². The lowest BCUT2D eigenvalue weighted by atomic mass is 10.0.